The Labute approximate surface area is 89.8 Å². The minimum atomic E-state index is 0.701. The molecule has 12 heavy (non-hydrogen) atoms. The van der Waals surface area contributed by atoms with Crippen LogP contribution in [-0.2, 0) is 0 Å². The van der Waals surface area contributed by atoms with Crippen LogP contribution in [0.2, 0.25) is 0 Å². The zero-order valence-electron chi connectivity index (χ0n) is 7.98. The van der Waals surface area contributed by atoms with Crippen LogP contribution < -0.4 is 5.32 Å². The Bertz CT molecular complexity index is 110. The van der Waals surface area contributed by atoms with Crippen molar-refractivity contribution in [1.82, 2.24) is 5.32 Å². The molecule has 0 aromatic heterocycles. The molecule has 1 unspecified atom stereocenters. The van der Waals surface area contributed by atoms with E-state index in [0.29, 0.717) is 6.04 Å². The summed E-state index contributed by atoms with van der Waals surface area (Å²) in [7, 11) is 0. The van der Waals surface area contributed by atoms with Gasteiger partial charge in [-0.25, -0.2) is 0 Å². The molecule has 2 heteroatoms. The predicted molar refractivity (Wildman–Crippen MR) is 62.9 cm³/mol. The number of hydrogen-bond acceptors (Lipinski definition) is 1. The van der Waals surface area contributed by atoms with E-state index in [-0.39, 0.29) is 0 Å². The molecule has 0 aliphatic heterocycles. The van der Waals surface area contributed by atoms with E-state index in [2.05, 4.69) is 34.8 Å². The summed E-state index contributed by atoms with van der Waals surface area (Å²) in [6.07, 6.45) is 7.32. The summed E-state index contributed by atoms with van der Waals surface area (Å²) in [5, 5.41) is 3.59. The van der Waals surface area contributed by atoms with Crippen molar-refractivity contribution in [2.24, 2.45) is 5.92 Å². The molecule has 0 bridgehead atoms. The van der Waals surface area contributed by atoms with E-state index < -0.39 is 0 Å². The van der Waals surface area contributed by atoms with Crippen molar-refractivity contribution < 1.29 is 0 Å². The third kappa shape index (κ3) is 4.08. The van der Waals surface area contributed by atoms with Crippen molar-refractivity contribution in [2.75, 3.05) is 11.0 Å². The Morgan fingerprint density at radius 1 is 1.33 bits per heavy atom. The molecule has 1 saturated carbocycles. The third-order valence-electron chi connectivity index (χ3n) is 2.71. The van der Waals surface area contributed by atoms with Crippen LogP contribution in [-0.4, -0.2) is 17.0 Å². The second-order valence-corrected chi connectivity index (χ2v) is 4.85. The minimum Gasteiger partial charge on any atom is -0.313 e. The first-order valence-electron chi connectivity index (χ1n) is 5.12. The van der Waals surface area contributed by atoms with Crippen LogP contribution in [0.25, 0.3) is 0 Å². The first-order valence-corrected chi connectivity index (χ1v) is 6.65. The van der Waals surface area contributed by atoms with Gasteiger partial charge in [-0.1, -0.05) is 41.9 Å². The molecule has 1 atom stereocenters. The number of alkyl halides is 1. The fourth-order valence-corrected chi connectivity index (χ4v) is 2.13. The maximum absolute atomic E-state index is 3.59. The number of rotatable bonds is 4. The van der Waals surface area contributed by atoms with Crippen LogP contribution in [0.3, 0.4) is 0 Å². The summed E-state index contributed by atoms with van der Waals surface area (Å²) in [6, 6.07) is 0.701. The van der Waals surface area contributed by atoms with Crippen molar-refractivity contribution in [2.45, 2.75) is 45.1 Å². The van der Waals surface area contributed by atoms with Crippen LogP contribution in [0, 0.1) is 5.92 Å². The Morgan fingerprint density at radius 2 is 2.00 bits per heavy atom. The van der Waals surface area contributed by atoms with Crippen molar-refractivity contribution in [3.63, 3.8) is 0 Å². The summed E-state index contributed by atoms with van der Waals surface area (Å²) in [4.78, 5) is 0. The van der Waals surface area contributed by atoms with Crippen LogP contribution in [0.15, 0.2) is 0 Å². The maximum Gasteiger partial charge on any atom is 0.0147 e. The molecule has 1 N–H and O–H groups in total. The van der Waals surface area contributed by atoms with Gasteiger partial charge in [-0.05, 0) is 32.2 Å². The second-order valence-electron chi connectivity index (χ2n) is 3.97. The topological polar surface area (TPSA) is 12.0 Å². The number of halogens is 1. The molecular formula is C10H20IN. The van der Waals surface area contributed by atoms with Crippen LogP contribution in [0.1, 0.15) is 39.0 Å². The molecule has 0 radical (unpaired) electrons. The molecule has 0 aromatic rings. The first kappa shape index (κ1) is 10.8. The Balaban J connectivity index is 2.05. The molecule has 72 valence electrons. The summed E-state index contributed by atoms with van der Waals surface area (Å²) >= 11 is 2.45. The van der Waals surface area contributed by atoms with E-state index in [4.69, 9.17) is 0 Å². The van der Waals surface area contributed by atoms with Crippen molar-refractivity contribution in [1.29, 1.82) is 0 Å². The monoisotopic (exact) mass is 281 g/mol. The minimum absolute atomic E-state index is 0.701. The van der Waals surface area contributed by atoms with E-state index in [1.807, 2.05) is 0 Å². The van der Waals surface area contributed by atoms with Gasteiger partial charge in [-0.2, -0.15) is 0 Å². The predicted octanol–water partition coefficient (Wildman–Crippen LogP) is 2.98. The van der Waals surface area contributed by atoms with Gasteiger partial charge < -0.3 is 5.32 Å². The van der Waals surface area contributed by atoms with Gasteiger partial charge in [0.05, 0.1) is 0 Å². The highest BCUT2D eigenvalue weighted by Gasteiger charge is 2.13. The van der Waals surface area contributed by atoms with Crippen LogP contribution in [0.4, 0.5) is 0 Å². The van der Waals surface area contributed by atoms with Gasteiger partial charge in [0.15, 0.2) is 0 Å². The highest BCUT2D eigenvalue weighted by Crippen LogP contribution is 2.22. The molecular weight excluding hydrogens is 261 g/mol. The van der Waals surface area contributed by atoms with Crippen molar-refractivity contribution in [3.8, 4) is 0 Å². The van der Waals surface area contributed by atoms with Gasteiger partial charge >= 0.3 is 0 Å². The van der Waals surface area contributed by atoms with E-state index >= 15 is 0 Å². The lowest BCUT2D eigenvalue weighted by Gasteiger charge is -2.23. The number of nitrogens with one attached hydrogen (secondary N) is 1. The van der Waals surface area contributed by atoms with E-state index in [0.717, 1.165) is 5.92 Å². The second kappa shape index (κ2) is 6.19. The van der Waals surface area contributed by atoms with Crippen LogP contribution >= 0.6 is 22.6 Å². The van der Waals surface area contributed by atoms with E-state index in [1.54, 1.807) is 0 Å². The largest absolute Gasteiger partial charge is 0.313 e. The molecule has 0 heterocycles. The lowest BCUT2D eigenvalue weighted by Crippen LogP contribution is -2.32. The Morgan fingerprint density at radius 3 is 2.58 bits per heavy atom. The molecule has 1 aliphatic rings. The maximum atomic E-state index is 3.59. The standard InChI is InChI=1S/C10H20IN/c1-9(7-11)12-8-10-5-3-2-4-6-10/h9-10,12H,2-8H2,1H3. The fourth-order valence-electron chi connectivity index (χ4n) is 1.81. The molecule has 1 rings (SSSR count). The summed E-state index contributed by atoms with van der Waals surface area (Å²) in [5.41, 5.74) is 0. The SMILES string of the molecule is CC(CI)NCC1CCCCC1. The summed E-state index contributed by atoms with van der Waals surface area (Å²) < 4.78 is 1.23. The van der Waals surface area contributed by atoms with Gasteiger partial charge in [-0.15, -0.1) is 0 Å². The van der Waals surface area contributed by atoms with E-state index in [1.165, 1.54) is 43.1 Å². The Hall–Kier alpha value is 0.690. The van der Waals surface area contributed by atoms with Crippen molar-refractivity contribution >= 4 is 22.6 Å². The lowest BCUT2D eigenvalue weighted by molar-refractivity contribution is 0.335. The van der Waals surface area contributed by atoms with Gasteiger partial charge in [-0.3, -0.25) is 0 Å². The van der Waals surface area contributed by atoms with Crippen LogP contribution in [0.5, 0.6) is 0 Å². The Kier molecular flexibility index (Phi) is 5.56. The molecule has 1 nitrogen and oxygen atoms in total. The van der Waals surface area contributed by atoms with Gasteiger partial charge in [0.25, 0.3) is 0 Å². The summed E-state index contributed by atoms with van der Waals surface area (Å²) in [6.45, 7) is 3.53. The highest BCUT2D eigenvalue weighted by atomic mass is 127. The molecule has 0 saturated heterocycles. The van der Waals surface area contributed by atoms with Crippen molar-refractivity contribution in [3.05, 3.63) is 0 Å². The highest BCUT2D eigenvalue weighted by molar-refractivity contribution is 14.1. The molecule has 1 fully saturated rings. The molecule has 1 aliphatic carbocycles. The summed E-state index contributed by atoms with van der Waals surface area (Å²) in [5.74, 6) is 0.976. The lowest BCUT2D eigenvalue weighted by atomic mass is 9.89. The first-order chi connectivity index (χ1) is 5.83. The molecule has 0 amide bonds. The fraction of sp³-hybridized carbons (Fsp3) is 1.00. The average molecular weight is 281 g/mol. The molecule has 0 aromatic carbocycles. The zero-order valence-corrected chi connectivity index (χ0v) is 10.1. The van der Waals surface area contributed by atoms with Gasteiger partial charge in [0.1, 0.15) is 0 Å². The zero-order chi connectivity index (χ0) is 8.81. The third-order valence-corrected chi connectivity index (χ3v) is 4.03. The number of hydrogen-bond donors (Lipinski definition) is 1. The average Bonchev–Trinajstić information content (AvgIpc) is 2.16. The van der Waals surface area contributed by atoms with Gasteiger partial charge in [0.2, 0.25) is 0 Å². The van der Waals surface area contributed by atoms with E-state index in [9.17, 15) is 0 Å². The normalized spacial score (nSPS) is 22.5. The molecule has 0 spiro atoms. The smallest absolute Gasteiger partial charge is 0.0147 e. The quantitative estimate of drug-likeness (QED) is 0.617. The van der Waals surface area contributed by atoms with Gasteiger partial charge in [0, 0.05) is 10.5 Å².